The van der Waals surface area contributed by atoms with E-state index in [4.69, 9.17) is 11.6 Å². The van der Waals surface area contributed by atoms with Gasteiger partial charge in [0.2, 0.25) is 0 Å². The van der Waals surface area contributed by atoms with Gasteiger partial charge in [0.15, 0.2) is 0 Å². The zero-order valence-electron chi connectivity index (χ0n) is 14.2. The summed E-state index contributed by atoms with van der Waals surface area (Å²) < 4.78 is 40.9. The third-order valence-electron chi connectivity index (χ3n) is 3.44. The Hall–Kier alpha value is -2.54. The molecule has 2 amide bonds. The number of hydrogen-bond acceptors (Lipinski definition) is 2. The van der Waals surface area contributed by atoms with Crippen LogP contribution in [0.4, 0.5) is 13.2 Å². The molecule has 0 radical (unpaired) electrons. The fraction of sp³-hybridized carbons (Fsp3) is 0.222. The summed E-state index contributed by atoms with van der Waals surface area (Å²) in [7, 11) is 0. The maximum atomic E-state index is 13.8. The van der Waals surface area contributed by atoms with Gasteiger partial charge in [-0.2, -0.15) is 0 Å². The molecule has 0 bridgehead atoms. The second kappa shape index (κ2) is 7.37. The average Bonchev–Trinajstić information content (AvgIpc) is 2.53. The van der Waals surface area contributed by atoms with Crippen molar-refractivity contribution in [1.82, 2.24) is 10.4 Å². The number of halogens is 4. The van der Waals surface area contributed by atoms with Crippen molar-refractivity contribution in [2.24, 2.45) is 0 Å². The van der Waals surface area contributed by atoms with E-state index in [0.717, 1.165) is 35.3 Å². The van der Waals surface area contributed by atoms with Crippen molar-refractivity contribution in [1.29, 1.82) is 0 Å². The summed E-state index contributed by atoms with van der Waals surface area (Å²) in [6.45, 7) is 4.82. The third kappa shape index (κ3) is 4.16. The van der Waals surface area contributed by atoms with Crippen molar-refractivity contribution in [2.75, 3.05) is 0 Å². The Balaban J connectivity index is 2.38. The van der Waals surface area contributed by atoms with Crippen LogP contribution in [0.1, 0.15) is 41.5 Å². The Morgan fingerprint density at radius 3 is 2.08 bits per heavy atom. The SMILES string of the molecule is CC(C)(C)N(NC(=O)c1c(F)cccc1F)C(=O)c1ccc(F)c(Cl)c1. The minimum Gasteiger partial charge on any atom is -0.267 e. The number of carbonyl (C=O) groups is 2. The van der Waals surface area contributed by atoms with Crippen LogP contribution in [0, 0.1) is 17.5 Å². The molecule has 4 nitrogen and oxygen atoms in total. The molecule has 0 saturated carbocycles. The molecule has 0 aromatic heterocycles. The van der Waals surface area contributed by atoms with Crippen LogP contribution in [0.2, 0.25) is 5.02 Å². The molecule has 0 aliphatic carbocycles. The van der Waals surface area contributed by atoms with Crippen LogP contribution >= 0.6 is 11.6 Å². The second-order valence-corrected chi connectivity index (χ2v) is 6.89. The van der Waals surface area contributed by atoms with Gasteiger partial charge >= 0.3 is 0 Å². The fourth-order valence-corrected chi connectivity index (χ4v) is 2.33. The van der Waals surface area contributed by atoms with E-state index in [1.807, 2.05) is 0 Å². The normalized spacial score (nSPS) is 11.2. The number of nitrogens with one attached hydrogen (secondary N) is 1. The monoisotopic (exact) mass is 384 g/mol. The van der Waals surface area contributed by atoms with Crippen molar-refractivity contribution in [2.45, 2.75) is 26.3 Å². The van der Waals surface area contributed by atoms with E-state index in [-0.39, 0.29) is 10.6 Å². The third-order valence-corrected chi connectivity index (χ3v) is 3.73. The van der Waals surface area contributed by atoms with E-state index < -0.39 is 40.4 Å². The first-order valence-corrected chi connectivity index (χ1v) is 7.95. The van der Waals surface area contributed by atoms with E-state index >= 15 is 0 Å². The van der Waals surface area contributed by atoms with E-state index in [9.17, 15) is 22.8 Å². The van der Waals surface area contributed by atoms with Crippen LogP contribution in [0.15, 0.2) is 36.4 Å². The summed E-state index contributed by atoms with van der Waals surface area (Å²) in [5.41, 5.74) is 0.454. The van der Waals surface area contributed by atoms with E-state index in [1.54, 1.807) is 20.8 Å². The summed E-state index contributed by atoms with van der Waals surface area (Å²) in [6.07, 6.45) is 0. The molecular formula is C18H16ClF3N2O2. The Morgan fingerprint density at radius 1 is 1.00 bits per heavy atom. The lowest BCUT2D eigenvalue weighted by Gasteiger charge is -2.35. The van der Waals surface area contributed by atoms with Gasteiger partial charge in [0.25, 0.3) is 11.8 Å². The molecule has 0 heterocycles. The highest BCUT2D eigenvalue weighted by Gasteiger charge is 2.31. The van der Waals surface area contributed by atoms with E-state index in [2.05, 4.69) is 5.43 Å². The van der Waals surface area contributed by atoms with Gasteiger partial charge in [0.1, 0.15) is 23.0 Å². The second-order valence-electron chi connectivity index (χ2n) is 6.48. The van der Waals surface area contributed by atoms with Crippen LogP contribution in [0.3, 0.4) is 0 Å². The fourth-order valence-electron chi connectivity index (χ4n) is 2.15. The van der Waals surface area contributed by atoms with E-state index in [1.165, 1.54) is 6.07 Å². The van der Waals surface area contributed by atoms with Gasteiger partial charge in [-0.25, -0.2) is 18.2 Å². The number of nitrogens with zero attached hydrogens (tertiary/aromatic N) is 1. The Kier molecular flexibility index (Phi) is 5.61. The lowest BCUT2D eigenvalue weighted by atomic mass is 10.1. The smallest absolute Gasteiger partial charge is 0.267 e. The number of rotatable bonds is 2. The molecule has 8 heteroatoms. The summed E-state index contributed by atoms with van der Waals surface area (Å²) in [4.78, 5) is 25.1. The molecule has 0 atom stereocenters. The quantitative estimate of drug-likeness (QED) is 0.783. The molecule has 26 heavy (non-hydrogen) atoms. The zero-order chi connectivity index (χ0) is 19.6. The molecule has 0 unspecified atom stereocenters. The molecule has 138 valence electrons. The topological polar surface area (TPSA) is 49.4 Å². The highest BCUT2D eigenvalue weighted by molar-refractivity contribution is 6.31. The van der Waals surface area contributed by atoms with Crippen molar-refractivity contribution in [3.8, 4) is 0 Å². The molecule has 0 aliphatic heterocycles. The summed E-state index contributed by atoms with van der Waals surface area (Å²) >= 11 is 5.69. The molecule has 2 aromatic rings. The largest absolute Gasteiger partial charge is 0.275 e. The number of hydrazine groups is 1. The predicted molar refractivity (Wildman–Crippen MR) is 91.2 cm³/mol. The van der Waals surface area contributed by atoms with Gasteiger partial charge in [-0.1, -0.05) is 17.7 Å². The summed E-state index contributed by atoms with van der Waals surface area (Å²) in [5, 5.41) is 0.640. The molecule has 2 rings (SSSR count). The van der Waals surface area contributed by atoms with Crippen molar-refractivity contribution >= 4 is 23.4 Å². The minimum absolute atomic E-state index is 0.000584. The van der Waals surface area contributed by atoms with Crippen LogP contribution in [0.25, 0.3) is 0 Å². The minimum atomic E-state index is -1.13. The molecule has 0 aliphatic rings. The average molecular weight is 385 g/mol. The van der Waals surface area contributed by atoms with Crippen LogP contribution in [-0.2, 0) is 0 Å². The Morgan fingerprint density at radius 2 is 1.58 bits per heavy atom. The first-order valence-electron chi connectivity index (χ1n) is 7.57. The van der Waals surface area contributed by atoms with Crippen molar-refractivity contribution in [3.05, 3.63) is 70.0 Å². The summed E-state index contributed by atoms with van der Waals surface area (Å²) in [5.74, 6) is -4.67. The van der Waals surface area contributed by atoms with Crippen LogP contribution < -0.4 is 5.43 Å². The van der Waals surface area contributed by atoms with Gasteiger partial charge in [-0.05, 0) is 51.1 Å². The molecule has 2 aromatic carbocycles. The Bertz CT molecular complexity index is 846. The maximum absolute atomic E-state index is 13.8. The lowest BCUT2D eigenvalue weighted by Crippen LogP contribution is -2.56. The molecule has 0 spiro atoms. The first kappa shape index (κ1) is 19.8. The molecule has 1 N–H and O–H groups in total. The highest BCUT2D eigenvalue weighted by atomic mass is 35.5. The van der Waals surface area contributed by atoms with Gasteiger partial charge in [-0.15, -0.1) is 0 Å². The molecule has 0 saturated heterocycles. The van der Waals surface area contributed by atoms with Gasteiger partial charge in [-0.3, -0.25) is 15.0 Å². The summed E-state index contributed by atoms with van der Waals surface area (Å²) in [6, 6.07) is 6.29. The zero-order valence-corrected chi connectivity index (χ0v) is 15.0. The highest BCUT2D eigenvalue weighted by Crippen LogP contribution is 2.21. The van der Waals surface area contributed by atoms with Crippen LogP contribution in [-0.4, -0.2) is 22.4 Å². The van der Waals surface area contributed by atoms with Gasteiger partial charge in [0.05, 0.1) is 10.6 Å². The molecule has 0 fully saturated rings. The van der Waals surface area contributed by atoms with E-state index in [0.29, 0.717) is 0 Å². The van der Waals surface area contributed by atoms with Gasteiger partial charge in [0, 0.05) is 5.56 Å². The lowest BCUT2D eigenvalue weighted by molar-refractivity contribution is 0.0355. The van der Waals surface area contributed by atoms with Crippen molar-refractivity contribution < 1.29 is 22.8 Å². The Labute approximate surface area is 153 Å². The number of carbonyl (C=O) groups excluding carboxylic acids is 2. The molecular weight excluding hydrogens is 369 g/mol. The maximum Gasteiger partial charge on any atom is 0.275 e. The number of amides is 2. The standard InChI is InChI=1S/C18H16ClF3N2O2/c1-18(2,3)24(17(26)10-7-8-12(20)11(19)9-10)23-16(25)15-13(21)5-4-6-14(15)22/h4-9H,1-3H3,(H,23,25). The van der Waals surface area contributed by atoms with Gasteiger partial charge < -0.3 is 0 Å². The van der Waals surface area contributed by atoms with Crippen molar-refractivity contribution in [3.63, 3.8) is 0 Å². The number of hydrogen-bond donors (Lipinski definition) is 1. The van der Waals surface area contributed by atoms with Crippen LogP contribution in [0.5, 0.6) is 0 Å². The number of benzene rings is 2. The predicted octanol–water partition coefficient (Wildman–Crippen LogP) is 4.34. The first-order chi connectivity index (χ1) is 12.0.